The lowest BCUT2D eigenvalue weighted by atomic mass is 9.99. The van der Waals surface area contributed by atoms with E-state index in [-0.39, 0.29) is 25.7 Å². The van der Waals surface area contributed by atoms with E-state index in [1.165, 1.54) is 212 Å². The Morgan fingerprint density at radius 3 is 0.800 bits per heavy atom. The van der Waals surface area contributed by atoms with Crippen molar-refractivity contribution in [1.82, 2.24) is 0 Å². The molecular formula is C76H148O17P2. The van der Waals surface area contributed by atoms with E-state index >= 15 is 0 Å². The van der Waals surface area contributed by atoms with Crippen molar-refractivity contribution >= 4 is 39.5 Å². The van der Waals surface area contributed by atoms with Gasteiger partial charge in [-0.1, -0.05) is 343 Å². The quantitative estimate of drug-likeness (QED) is 0.0222. The van der Waals surface area contributed by atoms with Gasteiger partial charge in [0.25, 0.3) is 0 Å². The molecule has 0 aliphatic rings. The van der Waals surface area contributed by atoms with Gasteiger partial charge in [0, 0.05) is 25.7 Å². The van der Waals surface area contributed by atoms with Crippen LogP contribution in [-0.4, -0.2) is 96.7 Å². The molecule has 0 saturated heterocycles. The molecule has 0 fully saturated rings. The average Bonchev–Trinajstić information content (AvgIpc) is 2.50. The minimum absolute atomic E-state index is 0.106. The molecule has 564 valence electrons. The number of hydrogen-bond donors (Lipinski definition) is 3. The second-order valence-corrected chi connectivity index (χ2v) is 31.0. The molecule has 0 heterocycles. The van der Waals surface area contributed by atoms with Crippen LogP contribution < -0.4 is 0 Å². The third-order valence-corrected chi connectivity index (χ3v) is 20.0. The van der Waals surface area contributed by atoms with Crippen LogP contribution in [0, 0.1) is 11.8 Å². The van der Waals surface area contributed by atoms with E-state index in [1.807, 2.05) is 0 Å². The molecule has 0 spiro atoms. The van der Waals surface area contributed by atoms with Gasteiger partial charge in [-0.25, -0.2) is 9.13 Å². The van der Waals surface area contributed by atoms with Crippen LogP contribution in [-0.2, 0) is 65.4 Å². The van der Waals surface area contributed by atoms with Crippen molar-refractivity contribution in [2.75, 3.05) is 39.6 Å². The molecule has 0 radical (unpaired) electrons. The first-order valence-electron chi connectivity index (χ1n) is 39.5. The highest BCUT2D eigenvalue weighted by Crippen LogP contribution is 2.45. The number of esters is 4. The van der Waals surface area contributed by atoms with Gasteiger partial charge in [0.05, 0.1) is 26.4 Å². The topological polar surface area (TPSA) is 237 Å². The van der Waals surface area contributed by atoms with E-state index < -0.39 is 97.5 Å². The van der Waals surface area contributed by atoms with Gasteiger partial charge in [0.15, 0.2) is 12.2 Å². The number of carbonyl (C=O) groups is 4. The zero-order chi connectivity index (χ0) is 70.0. The maximum Gasteiger partial charge on any atom is 0.472 e. The standard InChI is InChI=1S/C76H148O17P2/c1-7-10-12-14-16-18-20-24-29-35-41-47-53-59-74(79)87-64-71(92-75(80)60-54-48-42-36-30-26-23-22-25-27-33-39-45-51-57-69(6)9-3)66-90-94(82,83)88-62-70(77)63-89-95(84,85)91-67-72(93-76(81)61-55-49-43-37-31-32-38-44-50-56-68(4)5)65-86-73(78)58-52-46-40-34-28-21-19-17-15-13-11-8-2/h68-72,77H,7-67H2,1-6H3,(H,82,83)(H,84,85)/t69?,70-,71-,72-/m1/s1. The highest BCUT2D eigenvalue weighted by Gasteiger charge is 2.30. The van der Waals surface area contributed by atoms with E-state index in [0.717, 1.165) is 102 Å². The molecule has 0 rings (SSSR count). The second-order valence-electron chi connectivity index (χ2n) is 28.1. The molecule has 0 bridgehead atoms. The first kappa shape index (κ1) is 93.1. The minimum Gasteiger partial charge on any atom is -0.462 e. The third-order valence-electron chi connectivity index (χ3n) is 18.1. The van der Waals surface area contributed by atoms with Crippen LogP contribution in [0.3, 0.4) is 0 Å². The summed E-state index contributed by atoms with van der Waals surface area (Å²) in [6, 6.07) is 0. The Hall–Kier alpha value is -1.94. The fraction of sp³-hybridized carbons (Fsp3) is 0.947. The van der Waals surface area contributed by atoms with E-state index in [0.29, 0.717) is 25.7 Å². The van der Waals surface area contributed by atoms with Crippen molar-refractivity contribution in [3.8, 4) is 0 Å². The van der Waals surface area contributed by atoms with E-state index in [2.05, 4.69) is 41.5 Å². The van der Waals surface area contributed by atoms with Gasteiger partial charge < -0.3 is 33.8 Å². The first-order chi connectivity index (χ1) is 45.9. The molecule has 95 heavy (non-hydrogen) atoms. The lowest BCUT2D eigenvalue weighted by Gasteiger charge is -2.21. The Labute approximate surface area is 581 Å². The van der Waals surface area contributed by atoms with Crippen molar-refractivity contribution in [1.29, 1.82) is 0 Å². The van der Waals surface area contributed by atoms with Crippen molar-refractivity contribution in [2.45, 2.75) is 413 Å². The molecule has 0 aromatic rings. The number of ether oxygens (including phenoxy) is 4. The van der Waals surface area contributed by atoms with Crippen LogP contribution in [0.15, 0.2) is 0 Å². The summed E-state index contributed by atoms with van der Waals surface area (Å²) in [4.78, 5) is 72.8. The number of phosphoric ester groups is 2. The van der Waals surface area contributed by atoms with Gasteiger partial charge in [-0.3, -0.25) is 37.3 Å². The number of hydrogen-bond acceptors (Lipinski definition) is 15. The molecule has 19 heteroatoms. The Kier molecular flexibility index (Phi) is 66.5. The van der Waals surface area contributed by atoms with Crippen LogP contribution in [0.5, 0.6) is 0 Å². The fourth-order valence-corrected chi connectivity index (χ4v) is 13.2. The summed E-state index contributed by atoms with van der Waals surface area (Å²) in [5, 5.41) is 10.6. The summed E-state index contributed by atoms with van der Waals surface area (Å²) in [6.45, 7) is 9.63. The maximum atomic E-state index is 13.1. The Morgan fingerprint density at radius 1 is 0.305 bits per heavy atom. The number of aliphatic hydroxyl groups is 1. The van der Waals surface area contributed by atoms with Gasteiger partial charge in [0.1, 0.15) is 19.3 Å². The monoisotopic (exact) mass is 1400 g/mol. The lowest BCUT2D eigenvalue weighted by Crippen LogP contribution is -2.30. The van der Waals surface area contributed by atoms with E-state index in [4.69, 9.17) is 37.0 Å². The third kappa shape index (κ3) is 69.0. The molecular weight excluding hydrogens is 1250 g/mol. The normalized spacial score (nSPS) is 14.3. The summed E-state index contributed by atoms with van der Waals surface area (Å²) in [5.74, 6) is -0.531. The molecule has 0 aliphatic carbocycles. The lowest BCUT2D eigenvalue weighted by molar-refractivity contribution is -0.161. The number of carbonyl (C=O) groups excluding carboxylic acids is 4. The van der Waals surface area contributed by atoms with Gasteiger partial charge in [0.2, 0.25) is 0 Å². The Morgan fingerprint density at radius 2 is 0.537 bits per heavy atom. The summed E-state index contributed by atoms with van der Waals surface area (Å²) in [7, 11) is -9.91. The summed E-state index contributed by atoms with van der Waals surface area (Å²) in [6.07, 6.45) is 55.3. The summed E-state index contributed by atoms with van der Waals surface area (Å²) < 4.78 is 68.5. The Balaban J connectivity index is 5.25. The predicted molar refractivity (Wildman–Crippen MR) is 386 cm³/mol. The van der Waals surface area contributed by atoms with Crippen LogP contribution in [0.2, 0.25) is 0 Å². The van der Waals surface area contributed by atoms with Crippen molar-refractivity contribution in [3.63, 3.8) is 0 Å². The number of aliphatic hydroxyl groups excluding tert-OH is 1. The zero-order valence-corrected chi connectivity index (χ0v) is 63.8. The Bertz CT molecular complexity index is 1840. The smallest absolute Gasteiger partial charge is 0.462 e. The van der Waals surface area contributed by atoms with Gasteiger partial charge >= 0.3 is 39.5 Å². The van der Waals surface area contributed by atoms with Crippen LogP contribution in [0.4, 0.5) is 0 Å². The largest absolute Gasteiger partial charge is 0.472 e. The van der Waals surface area contributed by atoms with Crippen molar-refractivity contribution in [2.24, 2.45) is 11.8 Å². The average molecular weight is 1400 g/mol. The molecule has 0 aliphatic heterocycles. The van der Waals surface area contributed by atoms with Crippen molar-refractivity contribution in [3.05, 3.63) is 0 Å². The van der Waals surface area contributed by atoms with Gasteiger partial charge in [-0.05, 0) is 37.5 Å². The fourth-order valence-electron chi connectivity index (χ4n) is 11.6. The summed E-state index contributed by atoms with van der Waals surface area (Å²) >= 11 is 0. The molecule has 0 aromatic carbocycles. The predicted octanol–water partition coefficient (Wildman–Crippen LogP) is 22.3. The second kappa shape index (κ2) is 67.9. The number of rotatable bonds is 75. The zero-order valence-electron chi connectivity index (χ0n) is 62.0. The molecule has 17 nitrogen and oxygen atoms in total. The SMILES string of the molecule is CCCCCCCCCCCCCCCC(=O)OC[C@H](COP(=O)(O)OC[C@@H](O)COP(=O)(O)OC[C@@H](COC(=O)CCCCCCCCCCCCCC)OC(=O)CCCCCCCCCCCC(C)C)OC(=O)CCCCCCCCCCCCCCCCC(C)CC. The van der Waals surface area contributed by atoms with Crippen LogP contribution in [0.1, 0.15) is 395 Å². The molecule has 3 unspecified atom stereocenters. The highest BCUT2D eigenvalue weighted by atomic mass is 31.2. The highest BCUT2D eigenvalue weighted by molar-refractivity contribution is 7.47. The molecule has 0 saturated carbocycles. The molecule has 0 aromatic heterocycles. The van der Waals surface area contributed by atoms with E-state index in [9.17, 15) is 43.2 Å². The summed E-state index contributed by atoms with van der Waals surface area (Å²) in [5.41, 5.74) is 0. The first-order valence-corrected chi connectivity index (χ1v) is 42.5. The van der Waals surface area contributed by atoms with E-state index in [1.54, 1.807) is 0 Å². The van der Waals surface area contributed by atoms with Gasteiger partial charge in [-0.2, -0.15) is 0 Å². The maximum absolute atomic E-state index is 13.1. The van der Waals surface area contributed by atoms with Gasteiger partial charge in [-0.15, -0.1) is 0 Å². The number of unbranched alkanes of at least 4 members (excludes halogenated alkanes) is 44. The molecule has 6 atom stereocenters. The van der Waals surface area contributed by atoms with Crippen molar-refractivity contribution < 1.29 is 80.2 Å². The van der Waals surface area contributed by atoms with Crippen LogP contribution >= 0.6 is 15.6 Å². The minimum atomic E-state index is -4.96. The molecule has 0 amide bonds. The number of phosphoric acid groups is 2. The van der Waals surface area contributed by atoms with Crippen LogP contribution in [0.25, 0.3) is 0 Å². The molecule has 3 N–H and O–H groups in total.